The molecule has 26 heavy (non-hydrogen) atoms. The Labute approximate surface area is 150 Å². The van der Waals surface area contributed by atoms with E-state index >= 15 is 0 Å². The molecule has 3 rings (SSSR count). The largest absolute Gasteiger partial charge is 0.463 e. The second-order valence-corrected chi connectivity index (χ2v) is 5.43. The molecule has 0 saturated heterocycles. The molecule has 0 spiro atoms. The second-order valence-electron chi connectivity index (χ2n) is 5.43. The highest BCUT2D eigenvalue weighted by molar-refractivity contribution is 6.21. The monoisotopic (exact) mass is 350 g/mol. The molecule has 1 aliphatic heterocycles. The third-order valence-corrected chi connectivity index (χ3v) is 3.54. The van der Waals surface area contributed by atoms with Crippen molar-refractivity contribution in [1.82, 2.24) is 10.2 Å². The van der Waals surface area contributed by atoms with Gasteiger partial charge >= 0.3 is 6.03 Å². The molecule has 1 aromatic heterocycles. The van der Waals surface area contributed by atoms with E-state index in [1.165, 1.54) is 17.5 Å². The molecule has 2 aromatic rings. The number of amides is 2. The quantitative estimate of drug-likeness (QED) is 0.780. The van der Waals surface area contributed by atoms with Gasteiger partial charge in [-0.1, -0.05) is 36.9 Å². The zero-order valence-electron chi connectivity index (χ0n) is 13.9. The number of nitrogens with one attached hydrogen (secondary N) is 1. The van der Waals surface area contributed by atoms with Gasteiger partial charge in [0.2, 0.25) is 0 Å². The minimum atomic E-state index is -0.417. The minimum absolute atomic E-state index is 0.0242. The number of carbonyl (C=O) groups is 1. The summed E-state index contributed by atoms with van der Waals surface area (Å²) in [5, 5.41) is 2.80. The zero-order chi connectivity index (χ0) is 18.5. The van der Waals surface area contributed by atoms with Crippen LogP contribution in [0.2, 0.25) is 0 Å². The number of aliphatic imine (C=N–C) groups is 2. The molecule has 0 aliphatic carbocycles. The van der Waals surface area contributed by atoms with Crippen LogP contribution in [-0.4, -0.2) is 23.1 Å². The molecule has 5 N–H and O–H groups in total. The lowest BCUT2D eigenvalue weighted by molar-refractivity contribution is 0.233. The first-order chi connectivity index (χ1) is 12.6. The number of rotatable bonds is 4. The third kappa shape index (κ3) is 3.64. The average molecular weight is 350 g/mol. The van der Waals surface area contributed by atoms with Gasteiger partial charge in [-0.15, -0.1) is 0 Å². The summed E-state index contributed by atoms with van der Waals surface area (Å²) >= 11 is 0. The molecule has 2 amide bonds. The Bertz CT molecular complexity index is 897. The van der Waals surface area contributed by atoms with Gasteiger partial charge in [0, 0.05) is 6.54 Å². The third-order valence-electron chi connectivity index (χ3n) is 3.54. The van der Waals surface area contributed by atoms with E-state index in [0.717, 1.165) is 5.56 Å². The highest BCUT2D eigenvalue weighted by Crippen LogP contribution is 2.22. The van der Waals surface area contributed by atoms with Crippen molar-refractivity contribution in [2.75, 3.05) is 0 Å². The molecule has 8 nitrogen and oxygen atoms in total. The first-order valence-electron chi connectivity index (χ1n) is 7.78. The Morgan fingerprint density at radius 1 is 1.23 bits per heavy atom. The number of carbonyl (C=O) groups excluding carboxylic acids is 1. The number of nitrogens with zero attached hydrogens (tertiary/aromatic N) is 3. The molecule has 0 radical (unpaired) electrons. The highest BCUT2D eigenvalue weighted by Gasteiger charge is 2.29. The van der Waals surface area contributed by atoms with Crippen molar-refractivity contribution in [3.63, 3.8) is 0 Å². The van der Waals surface area contributed by atoms with Gasteiger partial charge in [0.05, 0.1) is 6.26 Å². The molecule has 0 saturated carbocycles. The SMILES string of the molecule is C=C(N)/N=C1\C(=C(/N)c2ccco2)N=CN1C(=O)NCc1ccccc1. The lowest BCUT2D eigenvalue weighted by atomic mass is 10.2. The molecule has 2 heterocycles. The van der Waals surface area contributed by atoms with Crippen LogP contribution in [0, 0.1) is 0 Å². The van der Waals surface area contributed by atoms with Crippen LogP contribution in [0.5, 0.6) is 0 Å². The van der Waals surface area contributed by atoms with E-state index < -0.39 is 6.03 Å². The van der Waals surface area contributed by atoms with Crippen molar-refractivity contribution in [1.29, 1.82) is 0 Å². The van der Waals surface area contributed by atoms with Crippen LogP contribution in [0.4, 0.5) is 4.79 Å². The van der Waals surface area contributed by atoms with E-state index in [-0.39, 0.29) is 23.1 Å². The summed E-state index contributed by atoms with van der Waals surface area (Å²) in [6.45, 7) is 3.91. The standard InChI is InChI=1S/C18H18N6O2/c1-12(19)23-17-16(15(20)14-8-5-9-26-14)22-11-24(17)18(25)21-10-13-6-3-2-4-7-13/h2-9,11H,1,10,19-20H2,(H,21,25)/b16-15+,23-17+. The van der Waals surface area contributed by atoms with Crippen LogP contribution in [0.15, 0.2) is 81.2 Å². The average Bonchev–Trinajstić information content (AvgIpc) is 3.30. The van der Waals surface area contributed by atoms with Gasteiger partial charge in [0.15, 0.2) is 11.6 Å². The summed E-state index contributed by atoms with van der Waals surface area (Å²) in [6.07, 6.45) is 2.82. The van der Waals surface area contributed by atoms with Crippen molar-refractivity contribution in [2.24, 2.45) is 21.5 Å². The number of amidine groups is 1. The number of hydrogen-bond acceptors (Lipinski definition) is 6. The molecule has 0 fully saturated rings. The Hall–Kier alpha value is -3.81. The van der Waals surface area contributed by atoms with E-state index in [0.29, 0.717) is 12.3 Å². The summed E-state index contributed by atoms with van der Waals surface area (Å²) in [5.41, 5.74) is 13.2. The fraction of sp³-hybridized carbons (Fsp3) is 0.0556. The molecular weight excluding hydrogens is 332 g/mol. The second kappa shape index (κ2) is 7.39. The van der Waals surface area contributed by atoms with Crippen LogP contribution >= 0.6 is 0 Å². The predicted octanol–water partition coefficient (Wildman–Crippen LogP) is 1.99. The fourth-order valence-electron chi connectivity index (χ4n) is 2.33. The number of furan rings is 1. The summed E-state index contributed by atoms with van der Waals surface area (Å²) in [4.78, 5) is 22.1. The molecule has 132 valence electrons. The number of hydrogen-bond donors (Lipinski definition) is 3. The summed E-state index contributed by atoms with van der Waals surface area (Å²) in [5.74, 6) is 0.618. The van der Waals surface area contributed by atoms with E-state index in [2.05, 4.69) is 21.9 Å². The Balaban J connectivity index is 1.83. The zero-order valence-corrected chi connectivity index (χ0v) is 13.9. The predicted molar refractivity (Wildman–Crippen MR) is 99.6 cm³/mol. The maximum Gasteiger partial charge on any atom is 0.328 e. The maximum atomic E-state index is 12.6. The van der Waals surface area contributed by atoms with E-state index in [9.17, 15) is 4.79 Å². The number of benzene rings is 1. The Kier molecular flexibility index (Phi) is 4.84. The molecule has 1 aromatic carbocycles. The van der Waals surface area contributed by atoms with Crippen LogP contribution < -0.4 is 16.8 Å². The van der Waals surface area contributed by atoms with Crippen LogP contribution in [-0.2, 0) is 6.54 Å². The Morgan fingerprint density at radius 2 is 2.00 bits per heavy atom. The molecule has 0 atom stereocenters. The summed E-state index contributed by atoms with van der Waals surface area (Å²) in [6, 6.07) is 12.5. The molecule has 0 unspecified atom stereocenters. The van der Waals surface area contributed by atoms with E-state index in [1.807, 2.05) is 30.3 Å². The Morgan fingerprint density at radius 3 is 2.65 bits per heavy atom. The summed E-state index contributed by atoms with van der Waals surface area (Å²) < 4.78 is 5.28. The molecule has 0 bridgehead atoms. The van der Waals surface area contributed by atoms with Crippen LogP contribution in [0.3, 0.4) is 0 Å². The van der Waals surface area contributed by atoms with Crippen molar-refractivity contribution in [3.05, 3.63) is 78.1 Å². The number of nitrogens with two attached hydrogens (primary N) is 2. The topological polar surface area (TPSA) is 122 Å². The van der Waals surface area contributed by atoms with Crippen LogP contribution in [0.1, 0.15) is 11.3 Å². The lowest BCUT2D eigenvalue weighted by Crippen LogP contribution is -2.41. The maximum absolute atomic E-state index is 12.6. The van der Waals surface area contributed by atoms with Gasteiger partial charge in [-0.3, -0.25) is 0 Å². The molecule has 1 aliphatic rings. The summed E-state index contributed by atoms with van der Waals surface area (Å²) in [7, 11) is 0. The molecule has 8 heteroatoms. The lowest BCUT2D eigenvalue weighted by Gasteiger charge is -2.16. The van der Waals surface area contributed by atoms with Gasteiger partial charge in [-0.25, -0.2) is 19.7 Å². The van der Waals surface area contributed by atoms with Crippen LogP contribution in [0.25, 0.3) is 5.70 Å². The van der Waals surface area contributed by atoms with Crippen molar-refractivity contribution in [2.45, 2.75) is 6.54 Å². The normalized spacial score (nSPS) is 16.8. The van der Waals surface area contributed by atoms with Crippen molar-refractivity contribution in [3.8, 4) is 0 Å². The van der Waals surface area contributed by atoms with Crippen molar-refractivity contribution < 1.29 is 9.21 Å². The fourth-order valence-corrected chi connectivity index (χ4v) is 2.33. The van der Waals surface area contributed by atoms with Gasteiger partial charge < -0.3 is 21.2 Å². The van der Waals surface area contributed by atoms with Gasteiger partial charge in [0.25, 0.3) is 0 Å². The van der Waals surface area contributed by atoms with Crippen molar-refractivity contribution >= 4 is 23.9 Å². The smallest absolute Gasteiger partial charge is 0.328 e. The van der Waals surface area contributed by atoms with E-state index in [4.69, 9.17) is 15.9 Å². The first kappa shape index (κ1) is 17.0. The molecular formula is C18H18N6O2. The highest BCUT2D eigenvalue weighted by atomic mass is 16.3. The minimum Gasteiger partial charge on any atom is -0.463 e. The van der Waals surface area contributed by atoms with Gasteiger partial charge in [-0.2, -0.15) is 0 Å². The first-order valence-corrected chi connectivity index (χ1v) is 7.78. The van der Waals surface area contributed by atoms with Gasteiger partial charge in [-0.05, 0) is 17.7 Å². The van der Waals surface area contributed by atoms with E-state index in [1.54, 1.807) is 12.1 Å². The van der Waals surface area contributed by atoms with Gasteiger partial charge in [0.1, 0.15) is 23.6 Å². The number of urea groups is 1.